The van der Waals surface area contributed by atoms with Crippen molar-refractivity contribution in [1.82, 2.24) is 25.6 Å². The Labute approximate surface area is 173 Å². The van der Waals surface area contributed by atoms with Gasteiger partial charge in [0.05, 0.1) is 11.6 Å². The largest absolute Gasteiger partial charge is 0.356 e. The van der Waals surface area contributed by atoms with Gasteiger partial charge in [0, 0.05) is 31.0 Å². The van der Waals surface area contributed by atoms with Crippen LogP contribution in [0.4, 0.5) is 0 Å². The number of ketones is 1. The average Bonchev–Trinajstić information content (AvgIpc) is 3.30. The number of nitriles is 1. The number of pyridine rings is 1. The highest BCUT2D eigenvalue weighted by Gasteiger charge is 2.34. The fraction of sp³-hybridized carbons (Fsp3) is 0.524. The Hall–Kier alpha value is -3.28. The molecule has 2 fully saturated rings. The van der Waals surface area contributed by atoms with Gasteiger partial charge < -0.3 is 15.6 Å². The van der Waals surface area contributed by atoms with Gasteiger partial charge in [-0.25, -0.2) is 9.97 Å². The average molecular weight is 408 g/mol. The fourth-order valence-electron chi connectivity index (χ4n) is 3.92. The summed E-state index contributed by atoms with van der Waals surface area (Å²) in [5.41, 5.74) is 1.13. The van der Waals surface area contributed by atoms with Crippen molar-refractivity contribution < 1.29 is 14.4 Å². The molecule has 4 rings (SSSR count). The van der Waals surface area contributed by atoms with Crippen LogP contribution in [-0.2, 0) is 9.59 Å². The number of aromatic nitrogens is 3. The molecule has 2 aromatic heterocycles. The van der Waals surface area contributed by atoms with E-state index in [0.717, 1.165) is 12.8 Å². The number of fused-ring (bicyclic) bond motifs is 1. The van der Waals surface area contributed by atoms with Crippen LogP contribution in [0.3, 0.4) is 0 Å². The van der Waals surface area contributed by atoms with E-state index in [2.05, 4.69) is 31.7 Å². The number of Topliss-reactive ketones (excluding diaryl/α,β-unsaturated/α-hetero) is 1. The number of imidazole rings is 1. The van der Waals surface area contributed by atoms with Gasteiger partial charge in [-0.3, -0.25) is 14.4 Å². The van der Waals surface area contributed by atoms with Crippen molar-refractivity contribution in [3.8, 4) is 6.07 Å². The third-order valence-electron chi connectivity index (χ3n) is 5.79. The number of carbonyl (C=O) groups excluding carboxylic acids is 3. The Balaban J connectivity index is 1.41. The molecule has 0 radical (unpaired) electrons. The zero-order chi connectivity index (χ0) is 21.1. The van der Waals surface area contributed by atoms with E-state index in [4.69, 9.17) is 0 Å². The van der Waals surface area contributed by atoms with Gasteiger partial charge in [0.15, 0.2) is 17.3 Å². The van der Waals surface area contributed by atoms with Crippen LogP contribution in [0.1, 0.15) is 49.1 Å². The Kier molecular flexibility index (Phi) is 5.74. The first kappa shape index (κ1) is 20.0. The highest BCUT2D eigenvalue weighted by Crippen LogP contribution is 2.36. The molecule has 156 valence electrons. The van der Waals surface area contributed by atoms with Crippen molar-refractivity contribution in [3.63, 3.8) is 0 Å². The van der Waals surface area contributed by atoms with E-state index in [1.54, 1.807) is 18.3 Å². The van der Waals surface area contributed by atoms with Gasteiger partial charge in [-0.15, -0.1) is 0 Å². The van der Waals surface area contributed by atoms with Gasteiger partial charge in [-0.1, -0.05) is 12.8 Å². The number of H-pyrrole nitrogens is 1. The number of nitrogens with one attached hydrogen (secondary N) is 3. The normalized spacial score (nSPS) is 20.4. The van der Waals surface area contributed by atoms with Crippen molar-refractivity contribution in [3.05, 3.63) is 24.2 Å². The van der Waals surface area contributed by atoms with E-state index in [9.17, 15) is 19.6 Å². The topological polar surface area (TPSA) is 141 Å². The lowest BCUT2D eigenvalue weighted by Gasteiger charge is -2.19. The minimum Gasteiger partial charge on any atom is -0.356 e. The summed E-state index contributed by atoms with van der Waals surface area (Å²) in [5.74, 6) is -0.802. The summed E-state index contributed by atoms with van der Waals surface area (Å²) in [5, 5.41) is 15.0. The van der Waals surface area contributed by atoms with E-state index < -0.39 is 12.0 Å². The van der Waals surface area contributed by atoms with Gasteiger partial charge in [-0.05, 0) is 37.3 Å². The molecule has 0 spiro atoms. The number of rotatable bonds is 9. The molecule has 9 nitrogen and oxygen atoms in total. The van der Waals surface area contributed by atoms with Gasteiger partial charge in [0.25, 0.3) is 0 Å². The molecule has 3 atom stereocenters. The summed E-state index contributed by atoms with van der Waals surface area (Å²) in [6.45, 7) is 0.598. The molecule has 2 amide bonds. The molecule has 0 aromatic carbocycles. The molecule has 2 aliphatic rings. The Morgan fingerprint density at radius 1 is 1.30 bits per heavy atom. The summed E-state index contributed by atoms with van der Waals surface area (Å²) in [6.07, 6.45) is 5.28. The lowest BCUT2D eigenvalue weighted by molar-refractivity contribution is -0.127. The number of hydrogen-bond donors (Lipinski definition) is 3. The first-order valence-corrected chi connectivity index (χ1v) is 10.3. The Bertz CT molecular complexity index is 973. The van der Waals surface area contributed by atoms with Crippen LogP contribution in [0, 0.1) is 29.1 Å². The quantitative estimate of drug-likeness (QED) is 0.537. The van der Waals surface area contributed by atoms with E-state index >= 15 is 0 Å². The van der Waals surface area contributed by atoms with E-state index in [1.165, 1.54) is 0 Å². The van der Waals surface area contributed by atoms with Crippen LogP contribution < -0.4 is 10.6 Å². The van der Waals surface area contributed by atoms with Crippen molar-refractivity contribution in [1.29, 1.82) is 5.26 Å². The molecule has 9 heteroatoms. The number of aromatic amines is 1. The van der Waals surface area contributed by atoms with Crippen LogP contribution in [0.5, 0.6) is 0 Å². The van der Waals surface area contributed by atoms with E-state index in [0.29, 0.717) is 36.5 Å². The predicted molar refractivity (Wildman–Crippen MR) is 107 cm³/mol. The summed E-state index contributed by atoms with van der Waals surface area (Å²) < 4.78 is 0. The lowest BCUT2D eigenvalue weighted by atomic mass is 9.93. The highest BCUT2D eigenvalue weighted by atomic mass is 16.2. The van der Waals surface area contributed by atoms with E-state index in [-0.39, 0.29) is 42.2 Å². The number of carbonyl (C=O) groups is 3. The van der Waals surface area contributed by atoms with Crippen molar-refractivity contribution in [2.75, 3.05) is 6.54 Å². The second kappa shape index (κ2) is 8.61. The molecule has 3 heterocycles. The first-order chi connectivity index (χ1) is 14.5. The molecule has 3 N–H and O–H groups in total. The minimum atomic E-state index is -0.751. The van der Waals surface area contributed by atoms with Crippen LogP contribution in [0.25, 0.3) is 11.2 Å². The maximum atomic E-state index is 12.9. The SMILES string of the molecule is N#C[C@H](C[C@@H]1CCNC1=O)NC(=O)[C@@H](CC(=O)c1nc2ncccc2[nH]1)CC1CC1. The number of amides is 2. The monoisotopic (exact) mass is 408 g/mol. The molecular formula is C21H24N6O3. The summed E-state index contributed by atoms with van der Waals surface area (Å²) in [4.78, 5) is 48.8. The molecule has 1 saturated heterocycles. The maximum Gasteiger partial charge on any atom is 0.224 e. The smallest absolute Gasteiger partial charge is 0.224 e. The van der Waals surface area contributed by atoms with Crippen molar-refractivity contribution in [2.24, 2.45) is 17.8 Å². The standard InChI is InChI=1S/C21H24N6O3/c22-11-15(9-13-5-7-24-20(13)29)25-21(30)14(8-12-3-4-12)10-17(28)19-26-16-2-1-6-23-18(16)27-19/h1-2,6,12-15H,3-5,7-10H2,(H,24,29)(H,25,30)(H,23,26,27)/t13-,14+,15-/m0/s1. The second-order valence-corrected chi connectivity index (χ2v) is 8.17. The van der Waals surface area contributed by atoms with E-state index in [1.807, 2.05) is 0 Å². The van der Waals surface area contributed by atoms with Crippen molar-refractivity contribution in [2.45, 2.75) is 44.6 Å². The maximum absolute atomic E-state index is 12.9. The number of hydrogen-bond acceptors (Lipinski definition) is 6. The molecule has 1 saturated carbocycles. The molecule has 2 aromatic rings. The third kappa shape index (κ3) is 4.64. The summed E-state index contributed by atoms with van der Waals surface area (Å²) >= 11 is 0. The van der Waals surface area contributed by atoms with Crippen LogP contribution in [0.15, 0.2) is 18.3 Å². The second-order valence-electron chi connectivity index (χ2n) is 8.17. The number of nitrogens with zero attached hydrogens (tertiary/aromatic N) is 3. The molecular weight excluding hydrogens is 384 g/mol. The van der Waals surface area contributed by atoms with Gasteiger partial charge in [0.1, 0.15) is 6.04 Å². The van der Waals surface area contributed by atoms with Crippen LogP contribution in [-0.4, -0.2) is 45.1 Å². The van der Waals surface area contributed by atoms with Gasteiger partial charge >= 0.3 is 0 Å². The summed E-state index contributed by atoms with van der Waals surface area (Å²) in [7, 11) is 0. The third-order valence-corrected chi connectivity index (χ3v) is 5.79. The summed E-state index contributed by atoms with van der Waals surface area (Å²) in [6, 6.07) is 4.88. The van der Waals surface area contributed by atoms with Crippen LogP contribution in [0.2, 0.25) is 0 Å². The molecule has 30 heavy (non-hydrogen) atoms. The van der Waals surface area contributed by atoms with Gasteiger partial charge in [0.2, 0.25) is 11.8 Å². The molecule has 0 unspecified atom stereocenters. The minimum absolute atomic E-state index is 0.0181. The van der Waals surface area contributed by atoms with Crippen LogP contribution >= 0.6 is 0 Å². The zero-order valence-corrected chi connectivity index (χ0v) is 16.6. The molecule has 1 aliphatic heterocycles. The van der Waals surface area contributed by atoms with Gasteiger partial charge in [-0.2, -0.15) is 5.26 Å². The fourth-order valence-corrected chi connectivity index (χ4v) is 3.92. The Morgan fingerprint density at radius 2 is 2.13 bits per heavy atom. The predicted octanol–water partition coefficient (Wildman–Crippen LogP) is 1.48. The first-order valence-electron chi connectivity index (χ1n) is 10.3. The lowest BCUT2D eigenvalue weighted by Crippen LogP contribution is -2.40. The van der Waals surface area contributed by atoms with Crippen molar-refractivity contribution >= 4 is 28.8 Å². The Morgan fingerprint density at radius 3 is 2.80 bits per heavy atom. The molecule has 1 aliphatic carbocycles. The molecule has 0 bridgehead atoms. The zero-order valence-electron chi connectivity index (χ0n) is 16.6. The highest BCUT2D eigenvalue weighted by molar-refractivity contribution is 5.97.